The minimum absolute atomic E-state index is 0.0242. The molecule has 1 aromatic rings. The first kappa shape index (κ1) is 16.5. The van der Waals surface area contributed by atoms with Crippen molar-refractivity contribution in [2.24, 2.45) is 5.92 Å². The zero-order valence-electron chi connectivity index (χ0n) is 12.7. The van der Waals surface area contributed by atoms with Crippen molar-refractivity contribution in [3.05, 3.63) is 28.7 Å². The Balaban J connectivity index is 1.80. The maximum absolute atomic E-state index is 12.1. The van der Waals surface area contributed by atoms with Gasteiger partial charge in [0.05, 0.1) is 12.2 Å². The van der Waals surface area contributed by atoms with Gasteiger partial charge in [-0.05, 0) is 53.2 Å². The highest BCUT2D eigenvalue weighted by atomic mass is 79.9. The predicted octanol–water partition coefficient (Wildman–Crippen LogP) is 4.34. The molecule has 1 aromatic carbocycles. The van der Waals surface area contributed by atoms with Crippen molar-refractivity contribution in [1.82, 2.24) is 5.32 Å². The number of anilines is 1. The average Bonchev–Trinajstić information content (AvgIpc) is 2.51. The lowest BCUT2D eigenvalue weighted by molar-refractivity contribution is -0.115. The van der Waals surface area contributed by atoms with Gasteiger partial charge in [-0.25, -0.2) is 0 Å². The molecule has 1 fully saturated rings. The van der Waals surface area contributed by atoms with Gasteiger partial charge in [-0.1, -0.05) is 38.3 Å². The molecule has 2 rings (SSSR count). The van der Waals surface area contributed by atoms with Crippen molar-refractivity contribution < 1.29 is 4.79 Å². The Hall–Kier alpha value is -0.870. The van der Waals surface area contributed by atoms with E-state index in [1.165, 1.54) is 32.1 Å². The predicted molar refractivity (Wildman–Crippen MR) is 91.4 cm³/mol. The molecule has 1 aliphatic rings. The van der Waals surface area contributed by atoms with Crippen molar-refractivity contribution >= 4 is 27.5 Å². The number of para-hydroxylation sites is 1. The Labute approximate surface area is 136 Å². The molecule has 0 spiro atoms. The van der Waals surface area contributed by atoms with Crippen LogP contribution in [0.3, 0.4) is 0 Å². The highest BCUT2D eigenvalue weighted by molar-refractivity contribution is 9.10. The van der Waals surface area contributed by atoms with Crippen molar-refractivity contribution in [3.63, 3.8) is 0 Å². The Morgan fingerprint density at radius 1 is 1.29 bits per heavy atom. The maximum Gasteiger partial charge on any atom is 0.238 e. The second-order valence-corrected chi connectivity index (χ2v) is 6.68. The van der Waals surface area contributed by atoms with Crippen molar-refractivity contribution in [3.8, 4) is 0 Å². The summed E-state index contributed by atoms with van der Waals surface area (Å²) in [6.07, 6.45) is 7.75. The van der Waals surface area contributed by atoms with Crippen LogP contribution >= 0.6 is 15.9 Å². The van der Waals surface area contributed by atoms with Crippen LogP contribution in [0.15, 0.2) is 28.7 Å². The van der Waals surface area contributed by atoms with Crippen LogP contribution in [0.2, 0.25) is 0 Å². The number of halogens is 1. The normalized spacial score (nSPS) is 17.4. The van der Waals surface area contributed by atoms with Crippen LogP contribution in [-0.2, 0) is 4.79 Å². The van der Waals surface area contributed by atoms with Gasteiger partial charge in [0.1, 0.15) is 0 Å². The number of hydrogen-bond acceptors (Lipinski definition) is 2. The minimum Gasteiger partial charge on any atom is -0.324 e. The second kappa shape index (κ2) is 8.54. The summed E-state index contributed by atoms with van der Waals surface area (Å²) < 4.78 is 0.915. The van der Waals surface area contributed by atoms with E-state index in [1.54, 1.807) is 0 Å². The molecule has 1 aliphatic carbocycles. The molecule has 0 aromatic heterocycles. The topological polar surface area (TPSA) is 41.1 Å². The molecule has 1 saturated carbocycles. The number of carbonyl (C=O) groups excluding carboxylic acids is 1. The van der Waals surface area contributed by atoms with Gasteiger partial charge >= 0.3 is 0 Å². The van der Waals surface area contributed by atoms with Gasteiger partial charge in [0, 0.05) is 10.5 Å². The zero-order valence-corrected chi connectivity index (χ0v) is 14.3. The summed E-state index contributed by atoms with van der Waals surface area (Å²) in [5.41, 5.74) is 0.829. The van der Waals surface area contributed by atoms with Crippen LogP contribution < -0.4 is 10.6 Å². The largest absolute Gasteiger partial charge is 0.324 e. The van der Waals surface area contributed by atoms with E-state index in [0.29, 0.717) is 12.6 Å². The van der Waals surface area contributed by atoms with Crippen LogP contribution in [-0.4, -0.2) is 18.5 Å². The molecule has 1 unspecified atom stereocenters. The molecule has 0 bridgehead atoms. The first-order valence-corrected chi connectivity index (χ1v) is 8.77. The molecule has 3 nitrogen and oxygen atoms in total. The fraction of sp³-hybridized carbons (Fsp3) is 0.588. The van der Waals surface area contributed by atoms with Crippen molar-refractivity contribution in [1.29, 1.82) is 0 Å². The number of amides is 1. The first-order chi connectivity index (χ1) is 10.2. The highest BCUT2D eigenvalue weighted by Gasteiger charge is 2.22. The van der Waals surface area contributed by atoms with E-state index in [0.717, 1.165) is 22.5 Å². The summed E-state index contributed by atoms with van der Waals surface area (Å²) in [5, 5.41) is 6.40. The zero-order chi connectivity index (χ0) is 15.1. The van der Waals surface area contributed by atoms with E-state index in [9.17, 15) is 4.79 Å². The number of carbonyl (C=O) groups is 1. The smallest absolute Gasteiger partial charge is 0.238 e. The SMILES string of the molecule is CCC(NCC(=O)Nc1ccccc1Br)C1CCCCC1. The van der Waals surface area contributed by atoms with Crippen molar-refractivity contribution in [2.75, 3.05) is 11.9 Å². The minimum atomic E-state index is 0.0242. The van der Waals surface area contributed by atoms with Gasteiger partial charge in [0.25, 0.3) is 0 Å². The van der Waals surface area contributed by atoms with Crippen molar-refractivity contribution in [2.45, 2.75) is 51.5 Å². The molecule has 1 amide bonds. The summed E-state index contributed by atoms with van der Waals surface area (Å²) in [6, 6.07) is 8.16. The number of hydrogen-bond donors (Lipinski definition) is 2. The molecular formula is C17H25BrN2O. The van der Waals surface area contributed by atoms with E-state index < -0.39 is 0 Å². The van der Waals surface area contributed by atoms with Crippen LogP contribution in [0.4, 0.5) is 5.69 Å². The lowest BCUT2D eigenvalue weighted by Gasteiger charge is -2.30. The van der Waals surface area contributed by atoms with Gasteiger partial charge in [-0.3, -0.25) is 4.79 Å². The van der Waals surface area contributed by atoms with Crippen LogP contribution in [0.25, 0.3) is 0 Å². The van der Waals surface area contributed by atoms with Crippen LogP contribution in [0, 0.1) is 5.92 Å². The van der Waals surface area contributed by atoms with Gasteiger partial charge in [-0.2, -0.15) is 0 Å². The Kier molecular flexibility index (Phi) is 6.71. The lowest BCUT2D eigenvalue weighted by atomic mass is 9.83. The van der Waals surface area contributed by atoms with Crippen LogP contribution in [0.1, 0.15) is 45.4 Å². The average molecular weight is 353 g/mol. The van der Waals surface area contributed by atoms with E-state index in [4.69, 9.17) is 0 Å². The number of benzene rings is 1. The van der Waals surface area contributed by atoms with E-state index in [1.807, 2.05) is 24.3 Å². The summed E-state index contributed by atoms with van der Waals surface area (Å²) in [6.45, 7) is 2.59. The highest BCUT2D eigenvalue weighted by Crippen LogP contribution is 2.27. The summed E-state index contributed by atoms with van der Waals surface area (Å²) in [5.74, 6) is 0.760. The third-order valence-corrected chi connectivity index (χ3v) is 5.02. The Bertz CT molecular complexity index is 458. The second-order valence-electron chi connectivity index (χ2n) is 5.82. The van der Waals surface area contributed by atoms with Crippen LogP contribution in [0.5, 0.6) is 0 Å². The van der Waals surface area contributed by atoms with E-state index in [-0.39, 0.29) is 5.91 Å². The third kappa shape index (κ3) is 5.11. The number of nitrogens with one attached hydrogen (secondary N) is 2. The third-order valence-electron chi connectivity index (χ3n) is 4.33. The fourth-order valence-corrected chi connectivity index (χ4v) is 3.55. The Morgan fingerprint density at radius 3 is 2.67 bits per heavy atom. The lowest BCUT2D eigenvalue weighted by Crippen LogP contribution is -2.41. The molecule has 21 heavy (non-hydrogen) atoms. The van der Waals surface area contributed by atoms with Gasteiger partial charge in [-0.15, -0.1) is 0 Å². The van der Waals surface area contributed by atoms with Gasteiger partial charge < -0.3 is 10.6 Å². The molecule has 0 radical (unpaired) electrons. The number of rotatable bonds is 6. The summed E-state index contributed by atoms with van der Waals surface area (Å²) in [7, 11) is 0. The molecule has 1 atom stereocenters. The van der Waals surface area contributed by atoms with E-state index in [2.05, 4.69) is 33.5 Å². The standard InChI is InChI=1S/C17H25BrN2O/c1-2-15(13-8-4-3-5-9-13)19-12-17(21)20-16-11-7-6-10-14(16)18/h6-7,10-11,13,15,19H,2-5,8-9,12H2,1H3,(H,20,21). The molecule has 4 heteroatoms. The first-order valence-electron chi connectivity index (χ1n) is 7.98. The molecule has 2 N–H and O–H groups in total. The molecule has 0 heterocycles. The fourth-order valence-electron chi connectivity index (χ4n) is 3.16. The summed E-state index contributed by atoms with van der Waals surface area (Å²) >= 11 is 3.45. The van der Waals surface area contributed by atoms with Gasteiger partial charge in [0.2, 0.25) is 5.91 Å². The monoisotopic (exact) mass is 352 g/mol. The molecule has 116 valence electrons. The maximum atomic E-state index is 12.1. The van der Waals surface area contributed by atoms with E-state index >= 15 is 0 Å². The van der Waals surface area contributed by atoms with Gasteiger partial charge in [0.15, 0.2) is 0 Å². The molecule has 0 aliphatic heterocycles. The Morgan fingerprint density at radius 2 is 2.00 bits per heavy atom. The quantitative estimate of drug-likeness (QED) is 0.799. The molecule has 0 saturated heterocycles. The summed E-state index contributed by atoms with van der Waals surface area (Å²) in [4.78, 5) is 12.1. The molecular weight excluding hydrogens is 328 g/mol.